The van der Waals surface area contributed by atoms with Crippen LogP contribution in [-0.2, 0) is 6.54 Å². The van der Waals surface area contributed by atoms with Gasteiger partial charge in [0.25, 0.3) is 0 Å². The molecule has 0 amide bonds. The molecule has 2 aromatic rings. The molecule has 1 N–H and O–H groups in total. The van der Waals surface area contributed by atoms with Crippen LogP contribution in [0.3, 0.4) is 0 Å². The number of halogens is 1. The Balaban J connectivity index is 0.00000320. The summed E-state index contributed by atoms with van der Waals surface area (Å²) >= 11 is 0. The molecule has 0 saturated carbocycles. The molecule has 1 fully saturated rings. The zero-order valence-corrected chi connectivity index (χ0v) is 20.3. The highest BCUT2D eigenvalue weighted by atomic mass is 127. The summed E-state index contributed by atoms with van der Waals surface area (Å²) in [6, 6.07) is 10.0. The molecule has 2 heterocycles. The first-order valence-electron chi connectivity index (χ1n) is 10.0. The average molecular weight is 525 g/mol. The molecular formula is C21H32IN7O. The van der Waals surface area contributed by atoms with E-state index in [1.807, 2.05) is 45.4 Å². The van der Waals surface area contributed by atoms with Gasteiger partial charge in [-0.1, -0.05) is 18.2 Å². The number of hydrogen-bond acceptors (Lipinski definition) is 6. The first-order valence-corrected chi connectivity index (χ1v) is 10.0. The van der Waals surface area contributed by atoms with E-state index in [-0.39, 0.29) is 24.0 Å². The zero-order chi connectivity index (χ0) is 20.5. The number of nitrogens with one attached hydrogen (secondary N) is 1. The number of ether oxygens (including phenoxy) is 1. The molecule has 8 nitrogen and oxygen atoms in total. The summed E-state index contributed by atoms with van der Waals surface area (Å²) < 4.78 is 5.97. The number of benzene rings is 1. The quantitative estimate of drug-likeness (QED) is 0.337. The van der Waals surface area contributed by atoms with Gasteiger partial charge in [0, 0.05) is 64.3 Å². The van der Waals surface area contributed by atoms with Crippen molar-refractivity contribution in [1.29, 1.82) is 0 Å². The van der Waals surface area contributed by atoms with Crippen LogP contribution in [0, 0.1) is 0 Å². The fraction of sp³-hybridized carbons (Fsp3) is 0.476. The van der Waals surface area contributed by atoms with Gasteiger partial charge in [0.1, 0.15) is 12.4 Å². The molecule has 1 aromatic carbocycles. The second kappa shape index (κ2) is 12.5. The minimum Gasteiger partial charge on any atom is -0.492 e. The van der Waals surface area contributed by atoms with Crippen LogP contribution in [0.2, 0.25) is 0 Å². The second-order valence-corrected chi connectivity index (χ2v) is 7.18. The van der Waals surface area contributed by atoms with E-state index in [0.29, 0.717) is 13.2 Å². The molecule has 1 aliphatic heterocycles. The van der Waals surface area contributed by atoms with Crippen LogP contribution in [0.5, 0.6) is 5.75 Å². The van der Waals surface area contributed by atoms with Gasteiger partial charge in [0.15, 0.2) is 5.96 Å². The maximum Gasteiger partial charge on any atom is 0.225 e. The molecule has 3 rings (SSSR count). The van der Waals surface area contributed by atoms with Gasteiger partial charge in [-0.15, -0.1) is 24.0 Å². The summed E-state index contributed by atoms with van der Waals surface area (Å²) in [5, 5.41) is 3.49. The Morgan fingerprint density at radius 1 is 1.10 bits per heavy atom. The van der Waals surface area contributed by atoms with Crippen LogP contribution < -0.4 is 15.0 Å². The van der Waals surface area contributed by atoms with Gasteiger partial charge in [0.2, 0.25) is 5.95 Å². The van der Waals surface area contributed by atoms with Crippen molar-refractivity contribution in [3.63, 3.8) is 0 Å². The number of para-hydroxylation sites is 1. The Hall–Kier alpha value is -2.14. The monoisotopic (exact) mass is 525 g/mol. The van der Waals surface area contributed by atoms with Crippen LogP contribution in [0.4, 0.5) is 5.95 Å². The van der Waals surface area contributed by atoms with E-state index in [1.165, 1.54) is 0 Å². The second-order valence-electron chi connectivity index (χ2n) is 7.18. The third kappa shape index (κ3) is 6.98. The van der Waals surface area contributed by atoms with E-state index in [4.69, 9.17) is 4.74 Å². The van der Waals surface area contributed by atoms with Crippen LogP contribution in [-0.4, -0.2) is 86.2 Å². The molecule has 1 aliphatic rings. The smallest absolute Gasteiger partial charge is 0.225 e. The lowest BCUT2D eigenvalue weighted by Gasteiger charge is -2.36. The van der Waals surface area contributed by atoms with E-state index >= 15 is 0 Å². The fourth-order valence-electron chi connectivity index (χ4n) is 3.21. The molecule has 0 atom stereocenters. The summed E-state index contributed by atoms with van der Waals surface area (Å²) in [5.74, 6) is 2.61. The van der Waals surface area contributed by atoms with Crippen LogP contribution in [0.1, 0.15) is 5.56 Å². The summed E-state index contributed by atoms with van der Waals surface area (Å²) in [5.41, 5.74) is 1.13. The number of aliphatic imine (C=N–C) groups is 1. The van der Waals surface area contributed by atoms with Crippen molar-refractivity contribution < 1.29 is 4.74 Å². The zero-order valence-electron chi connectivity index (χ0n) is 18.0. The first kappa shape index (κ1) is 24.1. The topological polar surface area (TPSA) is 69.1 Å². The van der Waals surface area contributed by atoms with Gasteiger partial charge in [0.05, 0.1) is 0 Å². The largest absolute Gasteiger partial charge is 0.492 e. The van der Waals surface area contributed by atoms with Crippen molar-refractivity contribution in [2.75, 3.05) is 65.4 Å². The number of guanidine groups is 1. The lowest BCUT2D eigenvalue weighted by atomic mass is 10.2. The van der Waals surface area contributed by atoms with Crippen molar-refractivity contribution in [1.82, 2.24) is 25.1 Å². The lowest BCUT2D eigenvalue weighted by molar-refractivity contribution is 0.259. The van der Waals surface area contributed by atoms with E-state index in [2.05, 4.69) is 41.0 Å². The summed E-state index contributed by atoms with van der Waals surface area (Å²) in [6.07, 6.45) is 3.57. The average Bonchev–Trinajstić information content (AvgIpc) is 2.76. The predicted octanol–water partition coefficient (Wildman–Crippen LogP) is 1.93. The molecule has 1 aromatic heterocycles. The van der Waals surface area contributed by atoms with Crippen molar-refractivity contribution in [3.05, 3.63) is 48.3 Å². The van der Waals surface area contributed by atoms with E-state index in [0.717, 1.165) is 55.9 Å². The highest BCUT2D eigenvalue weighted by Gasteiger charge is 2.21. The van der Waals surface area contributed by atoms with E-state index in [1.54, 1.807) is 12.4 Å². The van der Waals surface area contributed by atoms with Gasteiger partial charge < -0.3 is 24.8 Å². The van der Waals surface area contributed by atoms with Crippen LogP contribution in [0.15, 0.2) is 47.7 Å². The molecular weight excluding hydrogens is 493 g/mol. The van der Waals surface area contributed by atoms with Crippen molar-refractivity contribution in [2.45, 2.75) is 6.54 Å². The van der Waals surface area contributed by atoms with E-state index < -0.39 is 0 Å². The summed E-state index contributed by atoms with van der Waals surface area (Å²) in [7, 11) is 5.92. The van der Waals surface area contributed by atoms with Gasteiger partial charge in [-0.05, 0) is 26.2 Å². The Bertz CT molecular complexity index is 780. The molecule has 9 heteroatoms. The van der Waals surface area contributed by atoms with Crippen molar-refractivity contribution in [2.24, 2.45) is 4.99 Å². The Morgan fingerprint density at radius 3 is 2.47 bits per heavy atom. The molecule has 0 bridgehead atoms. The number of nitrogens with zero attached hydrogens (tertiary/aromatic N) is 6. The van der Waals surface area contributed by atoms with Gasteiger partial charge >= 0.3 is 0 Å². The summed E-state index contributed by atoms with van der Waals surface area (Å²) in [6.45, 7) is 5.72. The number of piperazine rings is 1. The molecule has 1 saturated heterocycles. The first-order chi connectivity index (χ1) is 14.2. The third-order valence-electron chi connectivity index (χ3n) is 4.83. The van der Waals surface area contributed by atoms with Gasteiger partial charge in [-0.25, -0.2) is 9.97 Å². The van der Waals surface area contributed by atoms with E-state index in [9.17, 15) is 0 Å². The molecule has 0 radical (unpaired) electrons. The van der Waals surface area contributed by atoms with Crippen LogP contribution in [0.25, 0.3) is 0 Å². The fourth-order valence-corrected chi connectivity index (χ4v) is 3.21. The van der Waals surface area contributed by atoms with Gasteiger partial charge in [-0.3, -0.25) is 4.99 Å². The Kier molecular flexibility index (Phi) is 10.1. The lowest BCUT2D eigenvalue weighted by Crippen LogP contribution is -2.52. The number of likely N-dealkylation sites (N-methyl/N-ethyl adjacent to an activating group) is 1. The maximum absolute atomic E-state index is 5.97. The number of rotatable bonds is 7. The molecule has 164 valence electrons. The molecule has 0 spiro atoms. The highest BCUT2D eigenvalue weighted by Crippen LogP contribution is 2.18. The number of aromatic nitrogens is 2. The normalized spacial score (nSPS) is 14.5. The highest BCUT2D eigenvalue weighted by molar-refractivity contribution is 14.0. The standard InChI is InChI=1S/C21H31N7O.HI/c1-22-20(27-11-13-28(14-12-27)21-23-9-6-10-24-21)25-17-18-7-4-5-8-19(18)29-16-15-26(2)3;/h4-10H,11-17H2,1-3H3,(H,22,25);1H. The Labute approximate surface area is 196 Å². The molecule has 30 heavy (non-hydrogen) atoms. The molecule has 0 unspecified atom stereocenters. The third-order valence-corrected chi connectivity index (χ3v) is 4.83. The predicted molar refractivity (Wildman–Crippen MR) is 132 cm³/mol. The molecule has 0 aliphatic carbocycles. The van der Waals surface area contributed by atoms with Crippen LogP contribution >= 0.6 is 24.0 Å². The maximum atomic E-state index is 5.97. The number of hydrogen-bond donors (Lipinski definition) is 1. The number of anilines is 1. The Morgan fingerprint density at radius 2 is 1.80 bits per heavy atom. The van der Waals surface area contributed by atoms with Crippen molar-refractivity contribution in [3.8, 4) is 5.75 Å². The van der Waals surface area contributed by atoms with Crippen molar-refractivity contribution >= 4 is 35.9 Å². The van der Waals surface area contributed by atoms with Gasteiger partial charge in [-0.2, -0.15) is 0 Å². The minimum absolute atomic E-state index is 0. The minimum atomic E-state index is 0. The SMILES string of the molecule is CN=C(NCc1ccccc1OCCN(C)C)N1CCN(c2ncccn2)CC1.I. The summed E-state index contributed by atoms with van der Waals surface area (Å²) in [4.78, 5) is 19.8.